The number of halogens is 1. The van der Waals surface area contributed by atoms with Crippen LogP contribution in [0.3, 0.4) is 0 Å². The first kappa shape index (κ1) is 14.3. The number of rotatable bonds is 4. The molecule has 0 saturated carbocycles. The van der Waals surface area contributed by atoms with Crippen LogP contribution in [-0.4, -0.2) is 32.3 Å². The first-order valence-electron chi connectivity index (χ1n) is 7.18. The number of aromatic nitrogens is 5. The van der Waals surface area contributed by atoms with Gasteiger partial charge in [0.2, 0.25) is 11.7 Å². The molecule has 8 heteroatoms. The summed E-state index contributed by atoms with van der Waals surface area (Å²) in [7, 11) is 1.60. The molecule has 0 atom stereocenters. The van der Waals surface area contributed by atoms with Gasteiger partial charge in [0.25, 0.3) is 0 Å². The second-order valence-corrected chi connectivity index (χ2v) is 5.10. The molecule has 0 fully saturated rings. The van der Waals surface area contributed by atoms with E-state index in [1.807, 2.05) is 24.3 Å². The number of oxazole rings is 1. The molecule has 24 heavy (non-hydrogen) atoms. The Labute approximate surface area is 135 Å². The average Bonchev–Trinajstić information content (AvgIpc) is 3.21. The highest BCUT2D eigenvalue weighted by Gasteiger charge is 2.11. The highest BCUT2D eigenvalue weighted by Crippen LogP contribution is 2.20. The van der Waals surface area contributed by atoms with E-state index in [0.717, 1.165) is 5.56 Å². The minimum absolute atomic E-state index is 0.202. The molecule has 0 spiro atoms. The zero-order valence-corrected chi connectivity index (χ0v) is 12.7. The van der Waals surface area contributed by atoms with Crippen molar-refractivity contribution in [1.82, 2.24) is 25.2 Å². The summed E-state index contributed by atoms with van der Waals surface area (Å²) in [6.45, 7) is 0.202. The molecule has 2 aromatic carbocycles. The molecule has 120 valence electrons. The maximum absolute atomic E-state index is 13.2. The normalized spacial score (nSPS) is 11.1. The van der Waals surface area contributed by atoms with Crippen LogP contribution in [0.15, 0.2) is 46.9 Å². The zero-order chi connectivity index (χ0) is 16.5. The molecule has 7 nitrogen and oxygen atoms in total. The molecular weight excluding hydrogens is 313 g/mol. The van der Waals surface area contributed by atoms with Crippen LogP contribution in [0.4, 0.5) is 4.39 Å². The van der Waals surface area contributed by atoms with Crippen molar-refractivity contribution in [3.63, 3.8) is 0 Å². The van der Waals surface area contributed by atoms with Gasteiger partial charge in [-0.2, -0.15) is 4.80 Å². The van der Waals surface area contributed by atoms with E-state index in [4.69, 9.17) is 9.15 Å². The minimum Gasteiger partial charge on any atom is -0.497 e. The highest BCUT2D eigenvalue weighted by atomic mass is 19.1. The Bertz CT molecular complexity index is 1010. The monoisotopic (exact) mass is 325 g/mol. The standard InChI is InChI=1S/C16H12FN5O2/c1-23-12-4-2-3-10(7-12)16-19-21-22(20-16)9-15-18-13-8-11(17)5-6-14(13)24-15/h2-8H,9H2,1H3. The van der Waals surface area contributed by atoms with Crippen LogP contribution in [0.1, 0.15) is 5.89 Å². The van der Waals surface area contributed by atoms with Crippen molar-refractivity contribution in [2.24, 2.45) is 0 Å². The minimum atomic E-state index is -0.360. The number of benzene rings is 2. The van der Waals surface area contributed by atoms with Crippen LogP contribution in [0, 0.1) is 5.82 Å². The van der Waals surface area contributed by atoms with Crippen molar-refractivity contribution >= 4 is 11.1 Å². The van der Waals surface area contributed by atoms with E-state index in [1.165, 1.54) is 23.0 Å². The van der Waals surface area contributed by atoms with Crippen LogP contribution >= 0.6 is 0 Å². The Hall–Kier alpha value is -3.29. The molecule has 2 aromatic heterocycles. The summed E-state index contributed by atoms with van der Waals surface area (Å²) in [5.41, 5.74) is 1.76. The lowest BCUT2D eigenvalue weighted by atomic mass is 10.2. The van der Waals surface area contributed by atoms with E-state index in [9.17, 15) is 4.39 Å². The number of methoxy groups -OCH3 is 1. The molecule has 4 aromatic rings. The lowest BCUT2D eigenvalue weighted by Gasteiger charge is -2.00. The van der Waals surface area contributed by atoms with Gasteiger partial charge in [-0.05, 0) is 29.5 Å². The largest absolute Gasteiger partial charge is 0.497 e. The third-order valence-corrected chi connectivity index (χ3v) is 3.45. The van der Waals surface area contributed by atoms with E-state index in [1.54, 1.807) is 7.11 Å². The molecule has 0 bridgehead atoms. The molecule has 0 N–H and O–H groups in total. The number of fused-ring (bicyclic) bond motifs is 1. The molecule has 4 rings (SSSR count). The van der Waals surface area contributed by atoms with Gasteiger partial charge >= 0.3 is 0 Å². The number of tetrazole rings is 1. The van der Waals surface area contributed by atoms with E-state index in [2.05, 4.69) is 20.4 Å². The number of nitrogens with zero attached hydrogens (tertiary/aromatic N) is 5. The van der Waals surface area contributed by atoms with E-state index in [-0.39, 0.29) is 12.4 Å². The molecule has 2 heterocycles. The molecule has 0 aliphatic rings. The molecule has 0 unspecified atom stereocenters. The highest BCUT2D eigenvalue weighted by molar-refractivity contribution is 5.72. The number of hydrogen-bond donors (Lipinski definition) is 0. The van der Waals surface area contributed by atoms with Crippen LogP contribution < -0.4 is 4.74 Å². The first-order valence-corrected chi connectivity index (χ1v) is 7.18. The summed E-state index contributed by atoms with van der Waals surface area (Å²) in [5, 5.41) is 12.3. The van der Waals surface area contributed by atoms with Crippen molar-refractivity contribution in [2.45, 2.75) is 6.54 Å². The van der Waals surface area contributed by atoms with E-state index in [0.29, 0.717) is 28.6 Å². The average molecular weight is 325 g/mol. The fourth-order valence-electron chi connectivity index (χ4n) is 2.32. The van der Waals surface area contributed by atoms with Gasteiger partial charge in [0, 0.05) is 11.6 Å². The fraction of sp³-hybridized carbons (Fsp3) is 0.125. The molecule has 0 aliphatic heterocycles. The quantitative estimate of drug-likeness (QED) is 0.574. The summed E-state index contributed by atoms with van der Waals surface area (Å²) < 4.78 is 23.9. The molecule has 0 radical (unpaired) electrons. The number of hydrogen-bond acceptors (Lipinski definition) is 6. The van der Waals surface area contributed by atoms with Gasteiger partial charge in [-0.15, -0.1) is 10.2 Å². The van der Waals surface area contributed by atoms with Gasteiger partial charge in [-0.1, -0.05) is 12.1 Å². The van der Waals surface area contributed by atoms with Crippen molar-refractivity contribution in [3.05, 3.63) is 54.2 Å². The van der Waals surface area contributed by atoms with Gasteiger partial charge in [-0.25, -0.2) is 9.37 Å². The predicted octanol–water partition coefficient (Wildman–Crippen LogP) is 2.68. The molecule has 0 amide bonds. The Kier molecular flexibility index (Phi) is 3.42. The third kappa shape index (κ3) is 2.69. The summed E-state index contributed by atoms with van der Waals surface area (Å²) >= 11 is 0. The molecule has 0 saturated heterocycles. The van der Waals surface area contributed by atoms with Gasteiger partial charge in [0.1, 0.15) is 23.6 Å². The van der Waals surface area contributed by atoms with Crippen LogP contribution in [0.2, 0.25) is 0 Å². The molecule has 0 aliphatic carbocycles. The second-order valence-electron chi connectivity index (χ2n) is 5.10. The Morgan fingerprint density at radius 1 is 1.21 bits per heavy atom. The van der Waals surface area contributed by atoms with Crippen molar-refractivity contribution in [3.8, 4) is 17.1 Å². The van der Waals surface area contributed by atoms with Gasteiger partial charge in [0.15, 0.2) is 5.58 Å². The Morgan fingerprint density at radius 3 is 3.00 bits per heavy atom. The van der Waals surface area contributed by atoms with Crippen LogP contribution in [0.5, 0.6) is 5.75 Å². The summed E-state index contributed by atoms with van der Waals surface area (Å²) in [5.74, 6) is 1.20. The lowest BCUT2D eigenvalue weighted by Crippen LogP contribution is -2.04. The Morgan fingerprint density at radius 2 is 2.12 bits per heavy atom. The van der Waals surface area contributed by atoms with Crippen molar-refractivity contribution < 1.29 is 13.5 Å². The summed E-state index contributed by atoms with van der Waals surface area (Å²) in [6.07, 6.45) is 0. The third-order valence-electron chi connectivity index (χ3n) is 3.45. The van der Waals surface area contributed by atoms with E-state index < -0.39 is 0 Å². The number of ether oxygens (including phenoxy) is 1. The first-order chi connectivity index (χ1) is 11.7. The van der Waals surface area contributed by atoms with Crippen molar-refractivity contribution in [1.29, 1.82) is 0 Å². The molecular formula is C16H12FN5O2. The SMILES string of the molecule is COc1cccc(-c2nnn(Cc3nc4cc(F)ccc4o3)n2)c1. The van der Waals surface area contributed by atoms with Gasteiger partial charge in [0.05, 0.1) is 7.11 Å². The maximum atomic E-state index is 13.2. The summed E-state index contributed by atoms with van der Waals surface area (Å²) in [4.78, 5) is 5.59. The van der Waals surface area contributed by atoms with Crippen molar-refractivity contribution in [2.75, 3.05) is 7.11 Å². The topological polar surface area (TPSA) is 78.9 Å². The van der Waals surface area contributed by atoms with Crippen LogP contribution in [0.25, 0.3) is 22.5 Å². The van der Waals surface area contributed by atoms with Gasteiger partial charge < -0.3 is 9.15 Å². The lowest BCUT2D eigenvalue weighted by molar-refractivity contribution is 0.415. The predicted molar refractivity (Wildman–Crippen MR) is 82.9 cm³/mol. The van der Waals surface area contributed by atoms with Crippen LogP contribution in [-0.2, 0) is 6.54 Å². The maximum Gasteiger partial charge on any atom is 0.219 e. The second kappa shape index (κ2) is 5.73. The smallest absolute Gasteiger partial charge is 0.219 e. The van der Waals surface area contributed by atoms with E-state index >= 15 is 0 Å². The fourth-order valence-corrected chi connectivity index (χ4v) is 2.32. The van der Waals surface area contributed by atoms with Gasteiger partial charge in [-0.3, -0.25) is 0 Å². The Balaban J connectivity index is 1.59. The summed E-state index contributed by atoms with van der Waals surface area (Å²) in [6, 6.07) is 11.6. The zero-order valence-electron chi connectivity index (χ0n) is 12.7.